The summed E-state index contributed by atoms with van der Waals surface area (Å²) in [6.45, 7) is 2.12. The lowest BCUT2D eigenvalue weighted by atomic mass is 10.0. The Morgan fingerprint density at radius 3 is 2.27 bits per heavy atom. The number of hydrogen-bond donors (Lipinski definition) is 0. The third kappa shape index (κ3) is 3.40. The van der Waals surface area contributed by atoms with Gasteiger partial charge in [0, 0.05) is 52.8 Å². The first-order valence-corrected chi connectivity index (χ1v) is 15.7. The van der Waals surface area contributed by atoms with Crippen LogP contribution < -0.4 is 0 Å². The topological polar surface area (TPSA) is 31.0 Å². The van der Waals surface area contributed by atoms with Crippen LogP contribution in [0.1, 0.15) is 5.56 Å². The highest BCUT2D eigenvalue weighted by atomic mass is 32.1. The maximum Gasteiger partial charge on any atom is 0.227 e. The smallest absolute Gasteiger partial charge is 0.227 e. The predicted octanol–water partition coefficient (Wildman–Crippen LogP) is 11.6. The van der Waals surface area contributed by atoms with Crippen molar-refractivity contribution in [2.45, 2.75) is 6.92 Å². The van der Waals surface area contributed by atoms with Crippen LogP contribution in [0.25, 0.3) is 91.8 Å². The molecule has 0 aliphatic rings. The van der Waals surface area contributed by atoms with Crippen LogP contribution in [0.4, 0.5) is 0 Å². The lowest BCUT2D eigenvalue weighted by molar-refractivity contribution is 0.656. The number of benzene rings is 6. The Morgan fingerprint density at radius 2 is 1.34 bits per heavy atom. The minimum Gasteiger partial charge on any atom is -0.438 e. The fourth-order valence-electron chi connectivity index (χ4n) is 6.95. The number of aromatic nitrogens is 2. The summed E-state index contributed by atoms with van der Waals surface area (Å²) in [5.74, 6) is 0. The van der Waals surface area contributed by atoms with Crippen molar-refractivity contribution in [1.82, 2.24) is 9.55 Å². The van der Waals surface area contributed by atoms with Crippen LogP contribution in [-0.2, 0) is 0 Å². The lowest BCUT2D eigenvalue weighted by Crippen LogP contribution is -1.93. The molecule has 0 radical (unpaired) electrons. The van der Waals surface area contributed by atoms with Crippen molar-refractivity contribution in [3.8, 4) is 16.8 Å². The molecule has 0 bridgehead atoms. The monoisotopic (exact) mass is 580 g/mol. The number of nitrogens with zero attached hydrogens (tertiary/aromatic N) is 2. The van der Waals surface area contributed by atoms with E-state index in [1.807, 2.05) is 11.3 Å². The number of para-hydroxylation sites is 1. The zero-order chi connectivity index (χ0) is 28.9. The largest absolute Gasteiger partial charge is 0.438 e. The Bertz CT molecular complexity index is 2800. The van der Waals surface area contributed by atoms with Gasteiger partial charge in [0.25, 0.3) is 0 Å². The Hall–Kier alpha value is -5.45. The van der Waals surface area contributed by atoms with Gasteiger partial charge in [-0.05, 0) is 90.8 Å². The first kappa shape index (κ1) is 24.0. The number of thiophene rings is 1. The summed E-state index contributed by atoms with van der Waals surface area (Å²) in [6.07, 6.45) is 0. The molecule has 0 amide bonds. The van der Waals surface area contributed by atoms with E-state index in [1.165, 1.54) is 58.8 Å². The number of fused-ring (bicyclic) bond motifs is 10. The number of aryl methyl sites for hydroxylation is 1. The van der Waals surface area contributed by atoms with Gasteiger partial charge in [-0.25, -0.2) is 4.98 Å². The van der Waals surface area contributed by atoms with Crippen LogP contribution >= 0.6 is 11.3 Å². The first-order chi connectivity index (χ1) is 21.7. The van der Waals surface area contributed by atoms with Gasteiger partial charge in [0.05, 0.1) is 16.6 Å². The highest BCUT2D eigenvalue weighted by Gasteiger charge is 2.16. The maximum absolute atomic E-state index is 6.20. The van der Waals surface area contributed by atoms with Crippen molar-refractivity contribution >= 4 is 86.3 Å². The predicted molar refractivity (Wildman–Crippen MR) is 186 cm³/mol. The third-order valence-electron chi connectivity index (χ3n) is 9.04. The van der Waals surface area contributed by atoms with Gasteiger partial charge in [0.2, 0.25) is 5.71 Å². The molecule has 10 aromatic rings. The molecule has 206 valence electrons. The van der Waals surface area contributed by atoms with Crippen molar-refractivity contribution in [1.29, 1.82) is 0 Å². The summed E-state index contributed by atoms with van der Waals surface area (Å²) in [5.41, 5.74) is 9.66. The Labute approximate surface area is 256 Å². The van der Waals surface area contributed by atoms with Gasteiger partial charge in [-0.15, -0.1) is 11.3 Å². The molecule has 44 heavy (non-hydrogen) atoms. The zero-order valence-electron chi connectivity index (χ0n) is 23.8. The molecule has 0 aliphatic heterocycles. The van der Waals surface area contributed by atoms with Crippen LogP contribution in [0.3, 0.4) is 0 Å². The average Bonchev–Trinajstić information content (AvgIpc) is 3.72. The van der Waals surface area contributed by atoms with Gasteiger partial charge in [-0.1, -0.05) is 60.2 Å². The molecule has 0 saturated carbocycles. The normalized spacial score (nSPS) is 12.2. The van der Waals surface area contributed by atoms with Gasteiger partial charge in [-0.3, -0.25) is 0 Å². The molecular formula is C40H24N2OS. The fourth-order valence-corrected chi connectivity index (χ4v) is 8.03. The minimum absolute atomic E-state index is 0.683. The summed E-state index contributed by atoms with van der Waals surface area (Å²) in [6, 6.07) is 46.2. The summed E-state index contributed by atoms with van der Waals surface area (Å²) in [7, 11) is 0. The maximum atomic E-state index is 6.20. The zero-order valence-corrected chi connectivity index (χ0v) is 24.7. The molecule has 6 aromatic carbocycles. The van der Waals surface area contributed by atoms with Gasteiger partial charge in [0.1, 0.15) is 5.58 Å². The Balaban J connectivity index is 1.17. The van der Waals surface area contributed by atoms with Crippen LogP contribution in [0.5, 0.6) is 0 Å². The molecule has 4 heteroatoms. The Morgan fingerprint density at radius 1 is 0.568 bits per heavy atom. The first-order valence-electron chi connectivity index (χ1n) is 14.9. The quantitative estimate of drug-likeness (QED) is 0.204. The van der Waals surface area contributed by atoms with Gasteiger partial charge < -0.3 is 8.98 Å². The fraction of sp³-hybridized carbons (Fsp3) is 0.0250. The molecule has 0 unspecified atom stereocenters. The summed E-state index contributed by atoms with van der Waals surface area (Å²) < 4.78 is 11.3. The van der Waals surface area contributed by atoms with E-state index in [9.17, 15) is 0 Å². The third-order valence-corrected chi connectivity index (χ3v) is 10.2. The minimum atomic E-state index is 0.683. The van der Waals surface area contributed by atoms with E-state index >= 15 is 0 Å². The molecule has 4 heterocycles. The summed E-state index contributed by atoms with van der Waals surface area (Å²) >= 11 is 1.86. The molecular weight excluding hydrogens is 557 g/mol. The van der Waals surface area contributed by atoms with Crippen LogP contribution in [0.15, 0.2) is 132 Å². The lowest BCUT2D eigenvalue weighted by Gasteiger charge is -2.09. The summed E-state index contributed by atoms with van der Waals surface area (Å²) in [4.78, 5) is 4.83. The molecule has 0 N–H and O–H groups in total. The molecule has 0 aliphatic carbocycles. The van der Waals surface area contributed by atoms with Crippen molar-refractivity contribution in [3.63, 3.8) is 0 Å². The van der Waals surface area contributed by atoms with Crippen LogP contribution in [0.2, 0.25) is 0 Å². The second-order valence-electron chi connectivity index (χ2n) is 11.7. The van der Waals surface area contributed by atoms with Crippen LogP contribution in [-0.4, -0.2) is 9.55 Å². The van der Waals surface area contributed by atoms with E-state index in [0.717, 1.165) is 32.8 Å². The Kier molecular flexibility index (Phi) is 4.80. The van der Waals surface area contributed by atoms with Gasteiger partial charge >= 0.3 is 0 Å². The SMILES string of the molecule is Cc1ccc2nc3oc4ccc(-c5ccc6c(c5)c5ccccc5n6-c5ccc6sc7ccccc7c6c5)cc4c3cc2c1. The summed E-state index contributed by atoms with van der Waals surface area (Å²) in [5, 5.41) is 8.39. The molecule has 0 spiro atoms. The number of furan rings is 1. The second kappa shape index (κ2) is 8.79. The van der Waals surface area contributed by atoms with E-state index in [-0.39, 0.29) is 0 Å². The number of rotatable bonds is 2. The van der Waals surface area contributed by atoms with Crippen molar-refractivity contribution in [3.05, 3.63) is 133 Å². The van der Waals surface area contributed by atoms with Crippen molar-refractivity contribution in [2.24, 2.45) is 0 Å². The number of pyridine rings is 1. The molecule has 0 atom stereocenters. The van der Waals surface area contributed by atoms with Gasteiger partial charge in [-0.2, -0.15) is 0 Å². The molecule has 10 rings (SSSR count). The van der Waals surface area contributed by atoms with E-state index in [4.69, 9.17) is 9.40 Å². The molecule has 3 nitrogen and oxygen atoms in total. The van der Waals surface area contributed by atoms with Crippen molar-refractivity contribution in [2.75, 3.05) is 0 Å². The highest BCUT2D eigenvalue weighted by molar-refractivity contribution is 7.25. The standard InChI is InChI=1S/C40H24N2OS/c1-23-10-14-34-26(18-23)21-33-31-20-25(12-16-37(31)43-40(33)41-34)24-11-15-36-30(19-24)28-6-2-4-8-35(28)42(36)27-13-17-39-32(22-27)29-7-3-5-9-38(29)44-39/h2-22H,1H3. The van der Waals surface area contributed by atoms with E-state index < -0.39 is 0 Å². The van der Waals surface area contributed by atoms with Gasteiger partial charge in [0.15, 0.2) is 0 Å². The number of hydrogen-bond acceptors (Lipinski definition) is 3. The molecule has 4 aromatic heterocycles. The second-order valence-corrected chi connectivity index (χ2v) is 12.8. The van der Waals surface area contributed by atoms with Crippen LogP contribution in [0, 0.1) is 6.92 Å². The molecule has 0 saturated heterocycles. The van der Waals surface area contributed by atoms with Crippen molar-refractivity contribution < 1.29 is 4.42 Å². The van der Waals surface area contributed by atoms with E-state index in [2.05, 4.69) is 139 Å². The molecule has 0 fully saturated rings. The highest BCUT2D eigenvalue weighted by Crippen LogP contribution is 2.40. The van der Waals surface area contributed by atoms with E-state index in [1.54, 1.807) is 0 Å². The average molecular weight is 581 g/mol. The van der Waals surface area contributed by atoms with E-state index in [0.29, 0.717) is 5.71 Å².